The smallest absolute Gasteiger partial charge is 0.291 e. The van der Waals surface area contributed by atoms with Crippen molar-refractivity contribution in [3.63, 3.8) is 0 Å². The zero-order valence-electron chi connectivity index (χ0n) is 17.3. The SMILES string of the molecule is CCN(CC)S(=O)(=O)c1cc(NC(=O)c2ccc(NC(=O)c3ccco3)s2)ccc1C. The van der Waals surface area contributed by atoms with Crippen molar-refractivity contribution < 1.29 is 22.4 Å². The molecule has 0 spiro atoms. The molecule has 3 rings (SSSR count). The molecule has 3 aromatic rings. The van der Waals surface area contributed by atoms with Crippen LogP contribution in [0.5, 0.6) is 0 Å². The molecular formula is C21H23N3O5S2. The van der Waals surface area contributed by atoms with Crippen LogP contribution in [0.15, 0.2) is 58.0 Å². The van der Waals surface area contributed by atoms with E-state index >= 15 is 0 Å². The van der Waals surface area contributed by atoms with Crippen LogP contribution >= 0.6 is 11.3 Å². The molecule has 0 unspecified atom stereocenters. The zero-order valence-corrected chi connectivity index (χ0v) is 19.0. The molecular weight excluding hydrogens is 438 g/mol. The summed E-state index contributed by atoms with van der Waals surface area (Å²) in [5.41, 5.74) is 0.972. The highest BCUT2D eigenvalue weighted by Crippen LogP contribution is 2.26. The van der Waals surface area contributed by atoms with Gasteiger partial charge in [0, 0.05) is 18.8 Å². The molecule has 10 heteroatoms. The first kappa shape index (κ1) is 22.7. The summed E-state index contributed by atoms with van der Waals surface area (Å²) in [7, 11) is -3.66. The summed E-state index contributed by atoms with van der Waals surface area (Å²) in [6.45, 7) is 5.99. The Hall–Kier alpha value is -2.95. The number of sulfonamides is 1. The number of nitrogens with zero attached hydrogens (tertiary/aromatic N) is 1. The van der Waals surface area contributed by atoms with Crippen molar-refractivity contribution >= 4 is 43.9 Å². The predicted octanol–water partition coefficient (Wildman–Crippen LogP) is 4.18. The fraction of sp³-hybridized carbons (Fsp3) is 0.238. The number of anilines is 2. The molecule has 2 heterocycles. The van der Waals surface area contributed by atoms with E-state index in [0.717, 1.165) is 11.3 Å². The molecule has 0 atom stereocenters. The molecule has 0 fully saturated rings. The number of rotatable bonds is 8. The lowest BCUT2D eigenvalue weighted by Crippen LogP contribution is -2.31. The molecule has 31 heavy (non-hydrogen) atoms. The first-order valence-electron chi connectivity index (χ1n) is 9.63. The first-order chi connectivity index (χ1) is 14.8. The summed E-state index contributed by atoms with van der Waals surface area (Å²) >= 11 is 1.10. The molecule has 1 aromatic carbocycles. The Bertz CT molecular complexity index is 1180. The molecule has 0 aliphatic carbocycles. The Morgan fingerprint density at radius 3 is 2.42 bits per heavy atom. The molecule has 164 valence electrons. The Morgan fingerprint density at radius 1 is 1.03 bits per heavy atom. The van der Waals surface area contributed by atoms with Gasteiger partial charge in [0.1, 0.15) is 0 Å². The van der Waals surface area contributed by atoms with Crippen LogP contribution in [0.3, 0.4) is 0 Å². The minimum absolute atomic E-state index is 0.159. The van der Waals surface area contributed by atoms with Crippen molar-refractivity contribution in [2.75, 3.05) is 23.7 Å². The number of hydrogen-bond donors (Lipinski definition) is 2. The number of carbonyl (C=O) groups is 2. The summed E-state index contributed by atoms with van der Waals surface area (Å²) in [5, 5.41) is 5.88. The van der Waals surface area contributed by atoms with E-state index in [-0.39, 0.29) is 10.7 Å². The van der Waals surface area contributed by atoms with E-state index < -0.39 is 21.8 Å². The van der Waals surface area contributed by atoms with Crippen molar-refractivity contribution in [2.45, 2.75) is 25.7 Å². The number of hydrogen-bond acceptors (Lipinski definition) is 6. The number of amides is 2. The molecule has 0 saturated heterocycles. The van der Waals surface area contributed by atoms with E-state index in [4.69, 9.17) is 4.42 Å². The van der Waals surface area contributed by atoms with Crippen LogP contribution in [0.4, 0.5) is 10.7 Å². The summed E-state index contributed by atoms with van der Waals surface area (Å²) in [6.07, 6.45) is 1.40. The molecule has 0 radical (unpaired) electrons. The van der Waals surface area contributed by atoms with Gasteiger partial charge in [-0.15, -0.1) is 11.3 Å². The van der Waals surface area contributed by atoms with Gasteiger partial charge in [-0.05, 0) is 48.9 Å². The maximum absolute atomic E-state index is 12.9. The van der Waals surface area contributed by atoms with Gasteiger partial charge in [-0.25, -0.2) is 8.42 Å². The third-order valence-corrected chi connectivity index (χ3v) is 7.77. The highest BCUT2D eigenvalue weighted by molar-refractivity contribution is 7.89. The van der Waals surface area contributed by atoms with E-state index in [1.165, 1.54) is 22.7 Å². The van der Waals surface area contributed by atoms with Crippen LogP contribution < -0.4 is 10.6 Å². The van der Waals surface area contributed by atoms with Gasteiger partial charge >= 0.3 is 0 Å². The predicted molar refractivity (Wildman–Crippen MR) is 120 cm³/mol. The van der Waals surface area contributed by atoms with Crippen LogP contribution in [0.2, 0.25) is 0 Å². The molecule has 2 N–H and O–H groups in total. The van der Waals surface area contributed by atoms with Crippen LogP contribution in [0.1, 0.15) is 39.6 Å². The second-order valence-corrected chi connectivity index (χ2v) is 9.61. The second kappa shape index (κ2) is 9.46. The average molecular weight is 462 g/mol. The quantitative estimate of drug-likeness (QED) is 0.523. The number of nitrogens with one attached hydrogen (secondary N) is 2. The van der Waals surface area contributed by atoms with Gasteiger partial charge < -0.3 is 15.1 Å². The minimum atomic E-state index is -3.66. The highest BCUT2D eigenvalue weighted by atomic mass is 32.2. The van der Waals surface area contributed by atoms with Gasteiger partial charge in [0.15, 0.2) is 5.76 Å². The number of thiophene rings is 1. The largest absolute Gasteiger partial charge is 0.459 e. The topological polar surface area (TPSA) is 109 Å². The Balaban J connectivity index is 1.75. The maximum atomic E-state index is 12.9. The average Bonchev–Trinajstić information content (AvgIpc) is 3.42. The fourth-order valence-electron chi connectivity index (χ4n) is 2.96. The number of aryl methyl sites for hydroxylation is 1. The summed E-state index contributed by atoms with van der Waals surface area (Å²) in [5.74, 6) is -0.650. The van der Waals surface area contributed by atoms with Gasteiger partial charge in [-0.1, -0.05) is 19.9 Å². The third kappa shape index (κ3) is 5.04. The van der Waals surface area contributed by atoms with E-state index in [0.29, 0.717) is 34.2 Å². The Morgan fingerprint density at radius 2 is 1.77 bits per heavy atom. The molecule has 0 bridgehead atoms. The molecule has 2 amide bonds. The lowest BCUT2D eigenvalue weighted by Gasteiger charge is -2.20. The zero-order chi connectivity index (χ0) is 22.6. The van der Waals surface area contributed by atoms with Crippen molar-refractivity contribution in [2.24, 2.45) is 0 Å². The van der Waals surface area contributed by atoms with E-state index in [2.05, 4.69) is 10.6 Å². The van der Waals surface area contributed by atoms with E-state index in [9.17, 15) is 18.0 Å². The Kier molecular flexibility index (Phi) is 6.94. The van der Waals surface area contributed by atoms with Crippen molar-refractivity contribution in [3.8, 4) is 0 Å². The second-order valence-electron chi connectivity index (χ2n) is 6.62. The molecule has 0 aliphatic rings. The van der Waals surface area contributed by atoms with E-state index in [1.807, 2.05) is 0 Å². The summed E-state index contributed by atoms with van der Waals surface area (Å²) < 4.78 is 32.2. The normalized spacial score (nSPS) is 11.5. The number of benzene rings is 1. The van der Waals surface area contributed by atoms with Gasteiger partial charge in [-0.3, -0.25) is 9.59 Å². The Labute approximate surface area is 184 Å². The molecule has 0 aliphatic heterocycles. The summed E-state index contributed by atoms with van der Waals surface area (Å²) in [4.78, 5) is 25.2. The van der Waals surface area contributed by atoms with Gasteiger partial charge in [0.2, 0.25) is 10.0 Å². The molecule has 8 nitrogen and oxygen atoms in total. The van der Waals surface area contributed by atoms with Crippen LogP contribution in [0.25, 0.3) is 0 Å². The monoisotopic (exact) mass is 461 g/mol. The molecule has 2 aromatic heterocycles. The lowest BCUT2D eigenvalue weighted by molar-refractivity contribution is 0.0995. The lowest BCUT2D eigenvalue weighted by atomic mass is 10.2. The van der Waals surface area contributed by atoms with Crippen LogP contribution in [-0.2, 0) is 10.0 Å². The highest BCUT2D eigenvalue weighted by Gasteiger charge is 2.24. The van der Waals surface area contributed by atoms with Gasteiger partial charge in [0.25, 0.3) is 11.8 Å². The van der Waals surface area contributed by atoms with Gasteiger partial charge in [0.05, 0.1) is 21.0 Å². The van der Waals surface area contributed by atoms with Crippen molar-refractivity contribution in [1.29, 1.82) is 0 Å². The standard InChI is InChI=1S/C21H23N3O5S2/c1-4-24(5-2)31(27,28)18-13-15(9-8-14(18)3)22-21(26)17-10-11-19(30-17)23-20(25)16-7-6-12-29-16/h6-13H,4-5H2,1-3H3,(H,22,26)(H,23,25). The minimum Gasteiger partial charge on any atom is -0.459 e. The van der Waals surface area contributed by atoms with Crippen molar-refractivity contribution in [1.82, 2.24) is 4.31 Å². The third-order valence-electron chi connectivity index (χ3n) is 4.58. The first-order valence-corrected chi connectivity index (χ1v) is 11.9. The molecule has 0 saturated carbocycles. The van der Waals surface area contributed by atoms with Gasteiger partial charge in [-0.2, -0.15) is 4.31 Å². The van der Waals surface area contributed by atoms with Crippen LogP contribution in [-0.4, -0.2) is 37.6 Å². The number of furan rings is 1. The van der Waals surface area contributed by atoms with Crippen LogP contribution in [0, 0.1) is 6.92 Å². The fourth-order valence-corrected chi connectivity index (χ4v) is 5.46. The number of carbonyl (C=O) groups excluding carboxylic acids is 2. The summed E-state index contributed by atoms with van der Waals surface area (Å²) in [6, 6.07) is 11.1. The maximum Gasteiger partial charge on any atom is 0.291 e. The van der Waals surface area contributed by atoms with E-state index in [1.54, 1.807) is 51.1 Å². The van der Waals surface area contributed by atoms with Crippen molar-refractivity contribution in [3.05, 3.63) is 64.9 Å².